The third-order valence-electron chi connectivity index (χ3n) is 1.57. The summed E-state index contributed by atoms with van der Waals surface area (Å²) in [5.74, 6) is -0.993. The van der Waals surface area contributed by atoms with Gasteiger partial charge in [0.15, 0.2) is 5.96 Å². The van der Waals surface area contributed by atoms with Crippen LogP contribution in [-0.4, -0.2) is 17.0 Å². The number of nitrogens with zero attached hydrogens (tertiary/aromatic N) is 1. The Morgan fingerprint density at radius 2 is 1.81 bits per heavy atom. The highest BCUT2D eigenvalue weighted by molar-refractivity contribution is 5.85. The molecule has 6 heteroatoms. The van der Waals surface area contributed by atoms with E-state index in [4.69, 9.17) is 16.6 Å². The molecule has 0 saturated heterocycles. The summed E-state index contributed by atoms with van der Waals surface area (Å²) in [4.78, 5) is 14.1. The van der Waals surface area contributed by atoms with Crippen molar-refractivity contribution in [2.75, 3.05) is 0 Å². The van der Waals surface area contributed by atoms with Crippen LogP contribution in [0.3, 0.4) is 0 Å². The second kappa shape index (κ2) is 6.47. The molecule has 0 bridgehead atoms. The molecule has 0 aromatic heterocycles. The Kier molecular flexibility index (Phi) is 5.66. The fourth-order valence-corrected chi connectivity index (χ4v) is 0.977. The Morgan fingerprint density at radius 3 is 2.25 bits per heavy atom. The number of carboxylic acid groups (broad SMARTS) is 1. The highest BCUT2D eigenvalue weighted by Crippen LogP contribution is 2.13. The van der Waals surface area contributed by atoms with E-state index in [1.54, 1.807) is 24.3 Å². The monoisotopic (exact) mass is 241 g/mol. The molecule has 5 N–H and O–H groups in total. The predicted octanol–water partition coefficient (Wildman–Crippen LogP) is 1.11. The van der Waals surface area contributed by atoms with Crippen LogP contribution in [0.5, 0.6) is 0 Å². The van der Waals surface area contributed by atoms with Crippen molar-refractivity contribution in [3.63, 3.8) is 0 Å². The van der Waals surface area contributed by atoms with Crippen molar-refractivity contribution in [1.29, 1.82) is 0 Å². The number of benzene rings is 1. The summed E-state index contributed by atoms with van der Waals surface area (Å²) in [6.07, 6.45) is 2.55. The number of halogens is 1. The second-order valence-corrected chi connectivity index (χ2v) is 2.80. The standard InChI is InChI=1S/C10H11N3O2.ClH/c11-10(12)13-8-4-1-7(2-5-8)3-6-9(14)15;/h1-6H,(H,14,15)(H4,11,12,13);1H. The lowest BCUT2D eigenvalue weighted by Crippen LogP contribution is -2.21. The van der Waals surface area contributed by atoms with E-state index in [9.17, 15) is 4.79 Å². The maximum atomic E-state index is 10.2. The number of carboxylic acids is 1. The van der Waals surface area contributed by atoms with Crippen LogP contribution in [0.1, 0.15) is 5.56 Å². The van der Waals surface area contributed by atoms with Crippen LogP contribution in [0.4, 0.5) is 5.69 Å². The number of aliphatic imine (C=N–C) groups is 1. The molecule has 0 atom stereocenters. The average Bonchev–Trinajstić information content (AvgIpc) is 2.16. The van der Waals surface area contributed by atoms with Crippen LogP contribution in [0.2, 0.25) is 0 Å². The maximum absolute atomic E-state index is 10.2. The van der Waals surface area contributed by atoms with E-state index in [1.165, 1.54) is 6.08 Å². The third kappa shape index (κ3) is 5.02. The van der Waals surface area contributed by atoms with Crippen molar-refractivity contribution in [3.8, 4) is 0 Å². The quantitative estimate of drug-likeness (QED) is 0.419. The number of hydrogen-bond acceptors (Lipinski definition) is 2. The van der Waals surface area contributed by atoms with Crippen molar-refractivity contribution in [3.05, 3.63) is 35.9 Å². The van der Waals surface area contributed by atoms with Gasteiger partial charge in [-0.2, -0.15) is 0 Å². The molecule has 86 valence electrons. The molecular formula is C10H12ClN3O2. The zero-order valence-corrected chi connectivity index (χ0v) is 9.15. The Morgan fingerprint density at radius 1 is 1.25 bits per heavy atom. The van der Waals surface area contributed by atoms with Gasteiger partial charge < -0.3 is 16.6 Å². The first-order valence-electron chi connectivity index (χ1n) is 4.18. The maximum Gasteiger partial charge on any atom is 0.328 e. The molecule has 1 aromatic carbocycles. The lowest BCUT2D eigenvalue weighted by molar-refractivity contribution is -0.131. The van der Waals surface area contributed by atoms with Crippen molar-refractivity contribution >= 4 is 36.1 Å². The minimum atomic E-state index is -0.983. The fraction of sp³-hybridized carbons (Fsp3) is 0. The average molecular weight is 242 g/mol. The molecule has 0 unspecified atom stereocenters. The van der Waals surface area contributed by atoms with Gasteiger partial charge in [0.05, 0.1) is 5.69 Å². The first-order chi connectivity index (χ1) is 7.08. The van der Waals surface area contributed by atoms with Gasteiger partial charge in [-0.1, -0.05) is 12.1 Å². The molecule has 0 radical (unpaired) electrons. The summed E-state index contributed by atoms with van der Waals surface area (Å²) in [7, 11) is 0. The number of hydrogen-bond donors (Lipinski definition) is 3. The second-order valence-electron chi connectivity index (χ2n) is 2.80. The summed E-state index contributed by atoms with van der Waals surface area (Å²) in [6, 6.07) is 6.84. The summed E-state index contributed by atoms with van der Waals surface area (Å²) in [6.45, 7) is 0. The predicted molar refractivity (Wildman–Crippen MR) is 65.8 cm³/mol. The molecule has 0 heterocycles. The van der Waals surface area contributed by atoms with Gasteiger partial charge in [-0.3, -0.25) is 0 Å². The zero-order chi connectivity index (χ0) is 11.3. The van der Waals surface area contributed by atoms with Crippen molar-refractivity contribution in [2.24, 2.45) is 16.5 Å². The zero-order valence-electron chi connectivity index (χ0n) is 8.33. The highest BCUT2D eigenvalue weighted by Gasteiger charge is 1.91. The molecule has 0 aliphatic rings. The molecule has 0 spiro atoms. The lowest BCUT2D eigenvalue weighted by atomic mass is 10.2. The summed E-state index contributed by atoms with van der Waals surface area (Å²) in [5, 5.41) is 8.41. The Hall–Kier alpha value is -2.01. The van der Waals surface area contributed by atoms with Crippen molar-refractivity contribution in [1.82, 2.24) is 0 Å². The summed E-state index contributed by atoms with van der Waals surface area (Å²) >= 11 is 0. The van der Waals surface area contributed by atoms with E-state index in [1.807, 2.05) is 0 Å². The normalized spacial score (nSPS) is 9.50. The fourth-order valence-electron chi connectivity index (χ4n) is 0.977. The van der Waals surface area contributed by atoms with Gasteiger partial charge in [0.25, 0.3) is 0 Å². The van der Waals surface area contributed by atoms with Crippen LogP contribution in [0, 0.1) is 0 Å². The molecule has 16 heavy (non-hydrogen) atoms. The van der Waals surface area contributed by atoms with Gasteiger partial charge in [-0.25, -0.2) is 9.79 Å². The first-order valence-corrected chi connectivity index (χ1v) is 4.18. The highest BCUT2D eigenvalue weighted by atomic mass is 35.5. The van der Waals surface area contributed by atoms with E-state index in [-0.39, 0.29) is 18.4 Å². The van der Waals surface area contributed by atoms with E-state index in [0.29, 0.717) is 5.69 Å². The van der Waals surface area contributed by atoms with Crippen LogP contribution in [-0.2, 0) is 4.79 Å². The number of aliphatic carboxylic acids is 1. The Balaban J connectivity index is 0.00000225. The van der Waals surface area contributed by atoms with Gasteiger partial charge in [0, 0.05) is 6.08 Å². The van der Waals surface area contributed by atoms with Crippen LogP contribution < -0.4 is 11.5 Å². The number of carbonyl (C=O) groups is 1. The van der Waals surface area contributed by atoms with Gasteiger partial charge in [-0.05, 0) is 23.8 Å². The topological polar surface area (TPSA) is 102 Å². The minimum Gasteiger partial charge on any atom is -0.478 e. The van der Waals surface area contributed by atoms with E-state index in [2.05, 4.69) is 4.99 Å². The van der Waals surface area contributed by atoms with Gasteiger partial charge in [0.2, 0.25) is 0 Å². The van der Waals surface area contributed by atoms with Crippen LogP contribution in [0.25, 0.3) is 6.08 Å². The number of rotatable bonds is 3. The first kappa shape index (κ1) is 14.0. The minimum absolute atomic E-state index is 0. The summed E-state index contributed by atoms with van der Waals surface area (Å²) < 4.78 is 0. The molecule has 0 aliphatic carbocycles. The molecule has 1 rings (SSSR count). The van der Waals surface area contributed by atoms with Crippen molar-refractivity contribution in [2.45, 2.75) is 0 Å². The molecule has 0 amide bonds. The van der Waals surface area contributed by atoms with Crippen LogP contribution in [0.15, 0.2) is 35.3 Å². The van der Waals surface area contributed by atoms with Gasteiger partial charge in [-0.15, -0.1) is 12.4 Å². The molecule has 5 nitrogen and oxygen atoms in total. The summed E-state index contributed by atoms with van der Waals surface area (Å²) in [5.41, 5.74) is 11.8. The SMILES string of the molecule is Cl.NC(N)=Nc1ccc(C=CC(=O)O)cc1. The number of nitrogens with two attached hydrogens (primary N) is 2. The number of guanidine groups is 1. The Labute approximate surface area is 98.9 Å². The van der Waals surface area contributed by atoms with E-state index >= 15 is 0 Å². The molecule has 1 aromatic rings. The molecule has 0 saturated carbocycles. The van der Waals surface area contributed by atoms with Crippen LogP contribution >= 0.6 is 12.4 Å². The van der Waals surface area contributed by atoms with E-state index < -0.39 is 5.97 Å². The smallest absolute Gasteiger partial charge is 0.328 e. The van der Waals surface area contributed by atoms with Gasteiger partial charge in [0.1, 0.15) is 0 Å². The largest absolute Gasteiger partial charge is 0.478 e. The van der Waals surface area contributed by atoms with Gasteiger partial charge >= 0.3 is 5.97 Å². The Bertz CT molecular complexity index is 409. The third-order valence-corrected chi connectivity index (χ3v) is 1.57. The van der Waals surface area contributed by atoms with Crippen molar-refractivity contribution < 1.29 is 9.90 Å². The molecule has 0 fully saturated rings. The van der Waals surface area contributed by atoms with E-state index in [0.717, 1.165) is 11.6 Å². The lowest BCUT2D eigenvalue weighted by Gasteiger charge is -1.96. The molecule has 0 aliphatic heterocycles. The molecular weight excluding hydrogens is 230 g/mol.